The molecule has 1 aromatic rings. The van der Waals surface area contributed by atoms with Crippen molar-refractivity contribution < 1.29 is 4.79 Å². The summed E-state index contributed by atoms with van der Waals surface area (Å²) in [4.78, 5) is 10.7. The SMILES string of the molecule is Cc1cc(C#N)cc(CC#N)c1C=O. The molecule has 3 heteroatoms. The first-order valence-electron chi connectivity index (χ1n) is 4.08. The summed E-state index contributed by atoms with van der Waals surface area (Å²) in [6.07, 6.45) is 0.883. The number of aldehydes is 1. The molecule has 3 nitrogen and oxygen atoms in total. The van der Waals surface area contributed by atoms with Gasteiger partial charge in [0.1, 0.15) is 0 Å². The van der Waals surface area contributed by atoms with Gasteiger partial charge in [0, 0.05) is 5.56 Å². The molecule has 0 spiro atoms. The molecule has 0 aliphatic heterocycles. The van der Waals surface area contributed by atoms with E-state index in [2.05, 4.69) is 0 Å². The van der Waals surface area contributed by atoms with Gasteiger partial charge < -0.3 is 0 Å². The van der Waals surface area contributed by atoms with E-state index in [9.17, 15) is 4.79 Å². The minimum atomic E-state index is 0.157. The van der Waals surface area contributed by atoms with Gasteiger partial charge in [-0.1, -0.05) is 0 Å². The molecule has 0 bridgehead atoms. The highest BCUT2D eigenvalue weighted by Gasteiger charge is 2.06. The zero-order valence-electron chi connectivity index (χ0n) is 7.74. The van der Waals surface area contributed by atoms with Crippen LogP contribution in [0, 0.1) is 29.6 Å². The summed E-state index contributed by atoms with van der Waals surface area (Å²) in [6, 6.07) is 7.19. The van der Waals surface area contributed by atoms with Crippen molar-refractivity contribution >= 4 is 6.29 Å². The smallest absolute Gasteiger partial charge is 0.150 e. The molecule has 14 heavy (non-hydrogen) atoms. The van der Waals surface area contributed by atoms with E-state index in [0.29, 0.717) is 16.7 Å². The number of carbonyl (C=O) groups is 1. The molecular weight excluding hydrogens is 176 g/mol. The minimum absolute atomic E-state index is 0.157. The molecule has 68 valence electrons. The standard InChI is InChI=1S/C11H8N2O/c1-8-4-9(6-13)5-10(2-3-12)11(8)7-14/h4-5,7H,2H2,1H3. The lowest BCUT2D eigenvalue weighted by atomic mass is 9.98. The molecule has 0 N–H and O–H groups in total. The highest BCUT2D eigenvalue weighted by Crippen LogP contribution is 2.15. The van der Waals surface area contributed by atoms with E-state index in [-0.39, 0.29) is 6.42 Å². The van der Waals surface area contributed by atoms with Crippen LogP contribution in [0.25, 0.3) is 0 Å². The predicted molar refractivity (Wildman–Crippen MR) is 50.6 cm³/mol. The Bertz CT molecular complexity index is 450. The van der Waals surface area contributed by atoms with Gasteiger partial charge in [0.05, 0.1) is 24.1 Å². The fraction of sp³-hybridized carbons (Fsp3) is 0.182. The predicted octanol–water partition coefficient (Wildman–Crippen LogP) is 1.75. The molecular formula is C11H8N2O. The van der Waals surface area contributed by atoms with Crippen LogP contribution in [0.15, 0.2) is 12.1 Å². The third-order valence-electron chi connectivity index (χ3n) is 1.99. The van der Waals surface area contributed by atoms with E-state index in [1.807, 2.05) is 12.1 Å². The van der Waals surface area contributed by atoms with Gasteiger partial charge in [-0.3, -0.25) is 4.79 Å². The third-order valence-corrected chi connectivity index (χ3v) is 1.99. The average molecular weight is 184 g/mol. The summed E-state index contributed by atoms with van der Waals surface area (Å²) < 4.78 is 0. The summed E-state index contributed by atoms with van der Waals surface area (Å²) in [5, 5.41) is 17.2. The Morgan fingerprint density at radius 2 is 2.14 bits per heavy atom. The van der Waals surface area contributed by atoms with Crippen LogP contribution >= 0.6 is 0 Å². The van der Waals surface area contributed by atoms with Crippen molar-refractivity contribution in [2.45, 2.75) is 13.3 Å². The summed E-state index contributed by atoms with van der Waals surface area (Å²) in [6.45, 7) is 1.76. The number of hydrogen-bond acceptors (Lipinski definition) is 3. The monoisotopic (exact) mass is 184 g/mol. The summed E-state index contributed by atoms with van der Waals surface area (Å²) >= 11 is 0. The number of carbonyl (C=O) groups excluding carboxylic acids is 1. The Morgan fingerprint density at radius 1 is 1.43 bits per heavy atom. The molecule has 0 unspecified atom stereocenters. The average Bonchev–Trinajstić information content (AvgIpc) is 2.18. The Labute approximate surface area is 82.2 Å². The summed E-state index contributed by atoms with van der Waals surface area (Å²) in [5.74, 6) is 0. The normalized spacial score (nSPS) is 8.79. The van der Waals surface area contributed by atoms with Crippen LogP contribution in [-0.2, 0) is 6.42 Å². The second-order valence-electron chi connectivity index (χ2n) is 2.93. The third kappa shape index (κ3) is 1.78. The van der Waals surface area contributed by atoms with E-state index in [1.54, 1.807) is 19.1 Å². The number of aryl methyl sites for hydroxylation is 1. The lowest BCUT2D eigenvalue weighted by Gasteiger charge is -2.04. The van der Waals surface area contributed by atoms with Crippen LogP contribution in [-0.4, -0.2) is 6.29 Å². The Hall–Kier alpha value is -2.13. The first-order chi connectivity index (χ1) is 6.72. The van der Waals surface area contributed by atoms with Gasteiger partial charge in [0.2, 0.25) is 0 Å². The maximum absolute atomic E-state index is 10.7. The second-order valence-corrected chi connectivity index (χ2v) is 2.93. The first-order valence-corrected chi connectivity index (χ1v) is 4.08. The molecule has 0 radical (unpaired) electrons. The van der Waals surface area contributed by atoms with E-state index in [1.165, 1.54) is 0 Å². The van der Waals surface area contributed by atoms with Crippen molar-refractivity contribution in [3.63, 3.8) is 0 Å². The molecule has 0 fully saturated rings. The molecule has 1 rings (SSSR count). The van der Waals surface area contributed by atoms with Crippen molar-refractivity contribution in [1.82, 2.24) is 0 Å². The van der Waals surface area contributed by atoms with Crippen molar-refractivity contribution in [2.24, 2.45) is 0 Å². The summed E-state index contributed by atoms with van der Waals surface area (Å²) in [7, 11) is 0. The van der Waals surface area contributed by atoms with Gasteiger partial charge in [-0.25, -0.2) is 0 Å². The van der Waals surface area contributed by atoms with Crippen LogP contribution in [0.2, 0.25) is 0 Å². The van der Waals surface area contributed by atoms with Gasteiger partial charge in [0.15, 0.2) is 6.29 Å². The zero-order chi connectivity index (χ0) is 10.6. The quantitative estimate of drug-likeness (QED) is 0.657. The van der Waals surface area contributed by atoms with Crippen LogP contribution in [0.5, 0.6) is 0 Å². The highest BCUT2D eigenvalue weighted by atomic mass is 16.1. The molecule has 0 aromatic heterocycles. The molecule has 0 aliphatic carbocycles. The molecule has 0 saturated heterocycles. The number of rotatable bonds is 2. The zero-order valence-corrected chi connectivity index (χ0v) is 7.74. The van der Waals surface area contributed by atoms with Crippen LogP contribution in [0.3, 0.4) is 0 Å². The molecule has 0 saturated carbocycles. The largest absolute Gasteiger partial charge is 0.298 e. The molecule has 0 amide bonds. The fourth-order valence-electron chi connectivity index (χ4n) is 1.34. The Balaban J connectivity index is 3.38. The van der Waals surface area contributed by atoms with Gasteiger partial charge in [-0.15, -0.1) is 0 Å². The van der Waals surface area contributed by atoms with Gasteiger partial charge in [0.25, 0.3) is 0 Å². The topological polar surface area (TPSA) is 64.7 Å². The van der Waals surface area contributed by atoms with Crippen molar-refractivity contribution in [1.29, 1.82) is 10.5 Å². The number of benzene rings is 1. The molecule has 1 aromatic carbocycles. The van der Waals surface area contributed by atoms with Gasteiger partial charge in [-0.2, -0.15) is 10.5 Å². The van der Waals surface area contributed by atoms with Crippen LogP contribution in [0.1, 0.15) is 27.0 Å². The van der Waals surface area contributed by atoms with Crippen LogP contribution in [0.4, 0.5) is 0 Å². The summed E-state index contributed by atoms with van der Waals surface area (Å²) in [5.41, 5.74) is 2.37. The maximum atomic E-state index is 10.7. The molecule has 0 aliphatic rings. The van der Waals surface area contributed by atoms with Gasteiger partial charge >= 0.3 is 0 Å². The lowest BCUT2D eigenvalue weighted by Crippen LogP contribution is -1.96. The molecule has 0 atom stereocenters. The van der Waals surface area contributed by atoms with Crippen molar-refractivity contribution in [3.8, 4) is 12.1 Å². The van der Waals surface area contributed by atoms with E-state index in [4.69, 9.17) is 10.5 Å². The van der Waals surface area contributed by atoms with E-state index in [0.717, 1.165) is 11.8 Å². The molecule has 0 heterocycles. The lowest BCUT2D eigenvalue weighted by molar-refractivity contribution is 0.112. The van der Waals surface area contributed by atoms with Crippen molar-refractivity contribution in [3.05, 3.63) is 34.4 Å². The second kappa shape index (κ2) is 4.20. The van der Waals surface area contributed by atoms with E-state index < -0.39 is 0 Å². The Kier molecular flexibility index (Phi) is 2.99. The fourth-order valence-corrected chi connectivity index (χ4v) is 1.34. The number of hydrogen-bond donors (Lipinski definition) is 0. The highest BCUT2D eigenvalue weighted by molar-refractivity contribution is 5.80. The maximum Gasteiger partial charge on any atom is 0.150 e. The van der Waals surface area contributed by atoms with Crippen LogP contribution < -0.4 is 0 Å². The van der Waals surface area contributed by atoms with Gasteiger partial charge in [-0.05, 0) is 30.2 Å². The Morgan fingerprint density at radius 3 is 2.64 bits per heavy atom. The number of nitrogens with zero attached hydrogens (tertiary/aromatic N) is 2. The van der Waals surface area contributed by atoms with Crippen molar-refractivity contribution in [2.75, 3.05) is 0 Å². The number of nitriles is 2. The van der Waals surface area contributed by atoms with E-state index >= 15 is 0 Å². The first kappa shape index (κ1) is 9.95. The minimum Gasteiger partial charge on any atom is -0.298 e.